The van der Waals surface area contributed by atoms with Gasteiger partial charge in [0, 0.05) is 12.1 Å². The number of hydrogen-bond donors (Lipinski definition) is 1. The average Bonchev–Trinajstić information content (AvgIpc) is 2.59. The molecule has 0 heterocycles. The molecular formula is C20H33NO6. The molecular weight excluding hydrogens is 350 g/mol. The molecule has 0 aliphatic rings. The molecule has 0 unspecified atom stereocenters. The fourth-order valence-electron chi connectivity index (χ4n) is 2.27. The van der Waals surface area contributed by atoms with E-state index in [-0.39, 0.29) is 0 Å². The van der Waals surface area contributed by atoms with E-state index in [4.69, 9.17) is 24.1 Å². The van der Waals surface area contributed by atoms with Gasteiger partial charge in [-0.2, -0.15) is 0 Å². The van der Waals surface area contributed by atoms with E-state index < -0.39 is 11.6 Å². The van der Waals surface area contributed by atoms with E-state index in [1.807, 2.05) is 52.0 Å². The molecule has 0 aromatic heterocycles. The molecule has 0 aliphatic carbocycles. The maximum absolute atomic E-state index is 11.2. The van der Waals surface area contributed by atoms with Crippen molar-refractivity contribution in [3.8, 4) is 5.75 Å². The number of hydrogen-bond acceptors (Lipinski definition) is 5. The quantitative estimate of drug-likeness (QED) is 0.527. The maximum atomic E-state index is 11.2. The number of ether oxygens (including phenoxy) is 4. The summed E-state index contributed by atoms with van der Waals surface area (Å²) >= 11 is 0. The summed E-state index contributed by atoms with van der Waals surface area (Å²) < 4.78 is 21.8. The van der Waals surface area contributed by atoms with Gasteiger partial charge in [-0.05, 0) is 39.8 Å². The van der Waals surface area contributed by atoms with Crippen molar-refractivity contribution >= 4 is 6.09 Å². The Balaban J connectivity index is 1.91. The zero-order chi connectivity index (χ0) is 20.1. The van der Waals surface area contributed by atoms with Gasteiger partial charge < -0.3 is 29.0 Å². The normalized spacial score (nSPS) is 11.4. The Morgan fingerprint density at radius 3 is 1.85 bits per heavy atom. The first-order valence-electron chi connectivity index (χ1n) is 9.24. The smallest absolute Gasteiger partial charge is 0.407 e. The standard InChI is InChI=1S/C20H33NO6/c1-17-5-7-18(8-6-17)27-16-15-26-14-13-25-12-11-24-10-9-21(19(22)23)20(2,3)4/h5-8H,9-16H2,1-4H3,(H,22,23). The lowest BCUT2D eigenvalue weighted by molar-refractivity contribution is 0.00262. The van der Waals surface area contributed by atoms with E-state index in [0.717, 1.165) is 5.75 Å². The van der Waals surface area contributed by atoms with Gasteiger partial charge in [-0.3, -0.25) is 0 Å². The molecule has 27 heavy (non-hydrogen) atoms. The highest BCUT2D eigenvalue weighted by atomic mass is 16.6. The number of benzene rings is 1. The predicted molar refractivity (Wildman–Crippen MR) is 104 cm³/mol. The lowest BCUT2D eigenvalue weighted by Crippen LogP contribution is -2.46. The lowest BCUT2D eigenvalue weighted by atomic mass is 10.1. The molecule has 154 valence electrons. The molecule has 1 N–H and O–H groups in total. The van der Waals surface area contributed by atoms with Crippen molar-refractivity contribution in [3.63, 3.8) is 0 Å². The Kier molecular flexibility index (Phi) is 10.8. The third-order valence-corrected chi connectivity index (χ3v) is 3.76. The molecule has 1 rings (SSSR count). The molecule has 7 nitrogen and oxygen atoms in total. The fraction of sp³-hybridized carbons (Fsp3) is 0.650. The first-order chi connectivity index (χ1) is 12.8. The molecule has 0 atom stereocenters. The summed E-state index contributed by atoms with van der Waals surface area (Å²) in [4.78, 5) is 12.5. The van der Waals surface area contributed by atoms with Gasteiger partial charge in [0.05, 0.1) is 39.6 Å². The highest BCUT2D eigenvalue weighted by molar-refractivity contribution is 5.65. The summed E-state index contributed by atoms with van der Waals surface area (Å²) in [6.45, 7) is 11.1. The van der Waals surface area contributed by atoms with E-state index in [9.17, 15) is 4.79 Å². The molecule has 0 saturated heterocycles. The largest absolute Gasteiger partial charge is 0.491 e. The van der Waals surface area contributed by atoms with Crippen molar-refractivity contribution in [1.29, 1.82) is 0 Å². The van der Waals surface area contributed by atoms with Crippen LogP contribution in [0.15, 0.2) is 24.3 Å². The third-order valence-electron chi connectivity index (χ3n) is 3.76. The topological polar surface area (TPSA) is 77.5 Å². The zero-order valence-corrected chi connectivity index (χ0v) is 16.9. The molecule has 1 amide bonds. The van der Waals surface area contributed by atoms with Crippen LogP contribution in [0.25, 0.3) is 0 Å². The van der Waals surface area contributed by atoms with Gasteiger partial charge in [0.25, 0.3) is 0 Å². The molecule has 0 spiro atoms. The van der Waals surface area contributed by atoms with Gasteiger partial charge in [0.2, 0.25) is 0 Å². The second kappa shape index (κ2) is 12.5. The Bertz CT molecular complexity index is 526. The van der Waals surface area contributed by atoms with Gasteiger partial charge in [0.1, 0.15) is 12.4 Å². The SMILES string of the molecule is Cc1ccc(OCCOCCOCCOCCN(C(=O)O)C(C)(C)C)cc1. The number of aryl methyl sites for hydroxylation is 1. The first kappa shape index (κ1) is 23.2. The molecule has 1 aromatic rings. The van der Waals surface area contributed by atoms with Crippen molar-refractivity contribution < 1.29 is 28.8 Å². The van der Waals surface area contributed by atoms with Crippen LogP contribution in [-0.4, -0.2) is 74.4 Å². The van der Waals surface area contributed by atoms with Crippen LogP contribution in [0.5, 0.6) is 5.75 Å². The van der Waals surface area contributed by atoms with Gasteiger partial charge in [-0.15, -0.1) is 0 Å². The van der Waals surface area contributed by atoms with E-state index in [0.29, 0.717) is 52.8 Å². The van der Waals surface area contributed by atoms with Crippen LogP contribution in [0.3, 0.4) is 0 Å². The summed E-state index contributed by atoms with van der Waals surface area (Å²) in [5, 5.41) is 9.17. The summed E-state index contributed by atoms with van der Waals surface area (Å²) in [5.74, 6) is 0.838. The second-order valence-electron chi connectivity index (χ2n) is 7.10. The number of amides is 1. The Morgan fingerprint density at radius 2 is 1.37 bits per heavy atom. The molecule has 1 aromatic carbocycles. The monoisotopic (exact) mass is 383 g/mol. The van der Waals surface area contributed by atoms with Crippen molar-refractivity contribution in [1.82, 2.24) is 4.90 Å². The summed E-state index contributed by atoms with van der Waals surface area (Å²) in [6, 6.07) is 7.90. The van der Waals surface area contributed by atoms with Crippen LogP contribution in [-0.2, 0) is 14.2 Å². The van der Waals surface area contributed by atoms with Gasteiger partial charge >= 0.3 is 6.09 Å². The van der Waals surface area contributed by atoms with Gasteiger partial charge in [-0.25, -0.2) is 4.79 Å². The third kappa shape index (κ3) is 10.8. The summed E-state index contributed by atoms with van der Waals surface area (Å²) in [7, 11) is 0. The molecule has 0 bridgehead atoms. The minimum atomic E-state index is -0.939. The van der Waals surface area contributed by atoms with Crippen LogP contribution in [0.4, 0.5) is 4.79 Å². The Labute approximate surface area is 162 Å². The first-order valence-corrected chi connectivity index (χ1v) is 9.24. The van der Waals surface area contributed by atoms with Crippen LogP contribution in [0.2, 0.25) is 0 Å². The van der Waals surface area contributed by atoms with Crippen molar-refractivity contribution in [2.45, 2.75) is 33.2 Å². The van der Waals surface area contributed by atoms with Crippen LogP contribution >= 0.6 is 0 Å². The molecule has 0 fully saturated rings. The van der Waals surface area contributed by atoms with Crippen LogP contribution in [0.1, 0.15) is 26.3 Å². The van der Waals surface area contributed by atoms with Gasteiger partial charge in [0.15, 0.2) is 0 Å². The number of nitrogens with zero attached hydrogens (tertiary/aromatic N) is 1. The molecule has 0 aliphatic heterocycles. The van der Waals surface area contributed by atoms with Crippen LogP contribution < -0.4 is 4.74 Å². The van der Waals surface area contributed by atoms with Crippen molar-refractivity contribution in [3.05, 3.63) is 29.8 Å². The molecule has 0 saturated carbocycles. The highest BCUT2D eigenvalue weighted by Crippen LogP contribution is 2.12. The molecule has 7 heteroatoms. The molecule has 0 radical (unpaired) electrons. The predicted octanol–water partition coefficient (Wildman–Crippen LogP) is 3.20. The van der Waals surface area contributed by atoms with Crippen LogP contribution in [0, 0.1) is 6.92 Å². The van der Waals surface area contributed by atoms with Crippen molar-refractivity contribution in [2.24, 2.45) is 0 Å². The number of carbonyl (C=O) groups is 1. The highest BCUT2D eigenvalue weighted by Gasteiger charge is 2.25. The van der Waals surface area contributed by atoms with E-state index >= 15 is 0 Å². The van der Waals surface area contributed by atoms with E-state index in [2.05, 4.69) is 0 Å². The van der Waals surface area contributed by atoms with E-state index in [1.165, 1.54) is 10.5 Å². The van der Waals surface area contributed by atoms with E-state index in [1.54, 1.807) is 0 Å². The Morgan fingerprint density at radius 1 is 0.889 bits per heavy atom. The van der Waals surface area contributed by atoms with Crippen molar-refractivity contribution in [2.75, 3.05) is 52.8 Å². The summed E-state index contributed by atoms with van der Waals surface area (Å²) in [5.41, 5.74) is 0.764. The van der Waals surface area contributed by atoms with Gasteiger partial charge in [-0.1, -0.05) is 17.7 Å². The zero-order valence-electron chi connectivity index (χ0n) is 16.9. The Hall–Kier alpha value is -1.83. The second-order valence-corrected chi connectivity index (χ2v) is 7.10. The summed E-state index contributed by atoms with van der Waals surface area (Å²) in [6.07, 6.45) is -0.939. The maximum Gasteiger partial charge on any atom is 0.407 e. The fourth-order valence-corrected chi connectivity index (χ4v) is 2.27. The number of rotatable bonds is 13. The minimum absolute atomic E-state index is 0.336. The minimum Gasteiger partial charge on any atom is -0.491 e. The lowest BCUT2D eigenvalue weighted by Gasteiger charge is -2.32. The average molecular weight is 383 g/mol. The number of carboxylic acid groups (broad SMARTS) is 1.